The summed E-state index contributed by atoms with van der Waals surface area (Å²) >= 11 is 3.62. The maximum absolute atomic E-state index is 4.50. The number of rotatable bonds is 5. The highest BCUT2D eigenvalue weighted by molar-refractivity contribution is 9.10. The molecule has 0 spiro atoms. The van der Waals surface area contributed by atoms with Crippen LogP contribution in [-0.2, 0) is 19.6 Å². The van der Waals surface area contributed by atoms with Gasteiger partial charge in [0.2, 0.25) is 0 Å². The molecule has 19 heavy (non-hydrogen) atoms. The zero-order valence-corrected chi connectivity index (χ0v) is 13.3. The minimum atomic E-state index is 0.823. The average molecular weight is 322 g/mol. The molecular formula is C15H20BrN3. The Hall–Kier alpha value is -1.13. The van der Waals surface area contributed by atoms with Crippen LogP contribution in [0.1, 0.15) is 29.4 Å². The van der Waals surface area contributed by atoms with E-state index in [1.807, 2.05) is 11.6 Å². The Morgan fingerprint density at radius 3 is 2.63 bits per heavy atom. The second-order valence-corrected chi connectivity index (χ2v) is 5.48. The Morgan fingerprint density at radius 1 is 1.21 bits per heavy atom. The summed E-state index contributed by atoms with van der Waals surface area (Å²) < 4.78 is 3.16. The molecular weight excluding hydrogens is 302 g/mol. The Bertz CT molecular complexity index is 561. The lowest BCUT2D eigenvalue weighted by Gasteiger charge is -2.09. The van der Waals surface area contributed by atoms with Crippen LogP contribution in [0.15, 0.2) is 28.7 Å². The quantitative estimate of drug-likeness (QED) is 0.912. The molecule has 102 valence electrons. The summed E-state index contributed by atoms with van der Waals surface area (Å²) in [6.45, 7) is 8.89. The van der Waals surface area contributed by atoms with Crippen LogP contribution in [0.4, 0.5) is 0 Å². The Labute approximate surface area is 123 Å². The summed E-state index contributed by atoms with van der Waals surface area (Å²) in [5.74, 6) is 0. The first-order valence-corrected chi connectivity index (χ1v) is 7.39. The smallest absolute Gasteiger partial charge is 0.0739 e. The van der Waals surface area contributed by atoms with Crippen molar-refractivity contribution in [1.29, 1.82) is 0 Å². The highest BCUT2D eigenvalue weighted by Gasteiger charge is 2.11. The lowest BCUT2D eigenvalue weighted by Crippen LogP contribution is -2.17. The molecule has 0 aliphatic heterocycles. The van der Waals surface area contributed by atoms with E-state index in [9.17, 15) is 0 Å². The van der Waals surface area contributed by atoms with Gasteiger partial charge in [-0.2, -0.15) is 5.10 Å². The van der Waals surface area contributed by atoms with E-state index in [1.165, 1.54) is 16.8 Å². The number of aryl methyl sites for hydroxylation is 3. The molecule has 0 amide bonds. The number of aromatic nitrogens is 2. The number of hydrogen-bond donors (Lipinski definition) is 1. The van der Waals surface area contributed by atoms with Crippen LogP contribution in [0.3, 0.4) is 0 Å². The van der Waals surface area contributed by atoms with Gasteiger partial charge in [-0.3, -0.25) is 4.68 Å². The maximum atomic E-state index is 4.50. The van der Waals surface area contributed by atoms with E-state index in [0.29, 0.717) is 0 Å². The van der Waals surface area contributed by atoms with Gasteiger partial charge >= 0.3 is 0 Å². The lowest BCUT2D eigenvalue weighted by atomic mass is 10.1. The second kappa shape index (κ2) is 6.35. The molecule has 0 saturated heterocycles. The number of nitrogens with zero attached hydrogens (tertiary/aromatic N) is 2. The molecule has 2 rings (SSSR count). The van der Waals surface area contributed by atoms with Gasteiger partial charge < -0.3 is 5.32 Å². The summed E-state index contributed by atoms with van der Waals surface area (Å²) in [6.07, 6.45) is 0. The van der Waals surface area contributed by atoms with Crippen molar-refractivity contribution in [2.75, 3.05) is 0 Å². The molecule has 0 bridgehead atoms. The normalized spacial score (nSPS) is 10.9. The van der Waals surface area contributed by atoms with Crippen molar-refractivity contribution in [1.82, 2.24) is 15.1 Å². The molecule has 3 nitrogen and oxygen atoms in total. The first kappa shape index (κ1) is 14.3. The van der Waals surface area contributed by atoms with Crippen LogP contribution in [-0.4, -0.2) is 9.78 Å². The fourth-order valence-corrected chi connectivity index (χ4v) is 2.59. The molecule has 0 radical (unpaired) electrons. The Balaban J connectivity index is 2.02. The largest absolute Gasteiger partial charge is 0.307 e. The van der Waals surface area contributed by atoms with E-state index in [0.717, 1.165) is 29.8 Å². The highest BCUT2D eigenvalue weighted by Crippen LogP contribution is 2.21. The molecule has 0 aliphatic rings. The van der Waals surface area contributed by atoms with Gasteiger partial charge in [-0.25, -0.2) is 0 Å². The van der Waals surface area contributed by atoms with Crippen molar-refractivity contribution in [3.8, 4) is 0 Å². The standard InChI is InChI=1S/C15H20BrN3/c1-4-19-14(15(16)12(3)18-19)10-17-9-13-8-6-5-7-11(13)2/h5-8,17H,4,9-10H2,1-3H3. The van der Waals surface area contributed by atoms with Crippen LogP contribution >= 0.6 is 15.9 Å². The zero-order chi connectivity index (χ0) is 13.8. The third kappa shape index (κ3) is 3.25. The molecule has 1 heterocycles. The maximum Gasteiger partial charge on any atom is 0.0739 e. The van der Waals surface area contributed by atoms with Crippen molar-refractivity contribution in [2.45, 2.75) is 40.4 Å². The van der Waals surface area contributed by atoms with Gasteiger partial charge in [-0.05, 0) is 47.8 Å². The summed E-state index contributed by atoms with van der Waals surface area (Å²) in [5.41, 5.74) is 4.94. The van der Waals surface area contributed by atoms with E-state index in [1.54, 1.807) is 0 Å². The van der Waals surface area contributed by atoms with E-state index in [-0.39, 0.29) is 0 Å². The SMILES string of the molecule is CCn1nc(C)c(Br)c1CNCc1ccccc1C. The molecule has 0 unspecified atom stereocenters. The predicted molar refractivity (Wildman–Crippen MR) is 82.1 cm³/mol. The fraction of sp³-hybridized carbons (Fsp3) is 0.400. The van der Waals surface area contributed by atoms with Gasteiger partial charge in [-0.1, -0.05) is 24.3 Å². The van der Waals surface area contributed by atoms with Crippen molar-refractivity contribution < 1.29 is 0 Å². The van der Waals surface area contributed by atoms with Crippen LogP contribution in [0.2, 0.25) is 0 Å². The molecule has 0 saturated carbocycles. The predicted octanol–water partition coefficient (Wildman–Crippen LogP) is 3.57. The van der Waals surface area contributed by atoms with Crippen molar-refractivity contribution in [2.24, 2.45) is 0 Å². The molecule has 1 N–H and O–H groups in total. The average Bonchev–Trinajstić information content (AvgIpc) is 2.68. The topological polar surface area (TPSA) is 29.9 Å². The van der Waals surface area contributed by atoms with Crippen molar-refractivity contribution in [3.63, 3.8) is 0 Å². The van der Waals surface area contributed by atoms with Gasteiger partial charge in [0.15, 0.2) is 0 Å². The minimum absolute atomic E-state index is 0.823. The first-order chi connectivity index (χ1) is 9.13. The second-order valence-electron chi connectivity index (χ2n) is 4.69. The molecule has 0 aliphatic carbocycles. The molecule has 0 atom stereocenters. The molecule has 2 aromatic rings. The summed E-state index contributed by atoms with van der Waals surface area (Å²) in [7, 11) is 0. The van der Waals surface area contributed by atoms with Crippen molar-refractivity contribution >= 4 is 15.9 Å². The Kier molecular flexibility index (Phi) is 4.77. The number of hydrogen-bond acceptors (Lipinski definition) is 2. The minimum Gasteiger partial charge on any atom is -0.307 e. The summed E-state index contributed by atoms with van der Waals surface area (Å²) in [6, 6.07) is 8.47. The van der Waals surface area contributed by atoms with Crippen LogP contribution in [0.25, 0.3) is 0 Å². The monoisotopic (exact) mass is 321 g/mol. The van der Waals surface area contributed by atoms with E-state index >= 15 is 0 Å². The third-order valence-electron chi connectivity index (χ3n) is 3.32. The third-order valence-corrected chi connectivity index (χ3v) is 4.35. The first-order valence-electron chi connectivity index (χ1n) is 6.60. The summed E-state index contributed by atoms with van der Waals surface area (Å²) in [4.78, 5) is 0. The fourth-order valence-electron chi connectivity index (χ4n) is 2.16. The molecule has 4 heteroatoms. The van der Waals surface area contributed by atoms with Crippen LogP contribution < -0.4 is 5.32 Å². The zero-order valence-electron chi connectivity index (χ0n) is 11.7. The number of halogens is 1. The van der Waals surface area contributed by atoms with Crippen LogP contribution in [0, 0.1) is 13.8 Å². The van der Waals surface area contributed by atoms with E-state index < -0.39 is 0 Å². The molecule has 1 aromatic heterocycles. The van der Waals surface area contributed by atoms with E-state index in [2.05, 4.69) is 64.5 Å². The number of benzene rings is 1. The molecule has 1 aromatic carbocycles. The summed E-state index contributed by atoms with van der Waals surface area (Å²) in [5, 5.41) is 8.00. The van der Waals surface area contributed by atoms with Gasteiger partial charge in [0.25, 0.3) is 0 Å². The molecule has 0 fully saturated rings. The lowest BCUT2D eigenvalue weighted by molar-refractivity contribution is 0.577. The highest BCUT2D eigenvalue weighted by atomic mass is 79.9. The van der Waals surface area contributed by atoms with Gasteiger partial charge in [0, 0.05) is 19.6 Å². The Morgan fingerprint density at radius 2 is 1.95 bits per heavy atom. The van der Waals surface area contributed by atoms with Gasteiger partial charge in [0.05, 0.1) is 15.9 Å². The van der Waals surface area contributed by atoms with Crippen molar-refractivity contribution in [3.05, 3.63) is 51.3 Å². The van der Waals surface area contributed by atoms with Gasteiger partial charge in [-0.15, -0.1) is 0 Å². The van der Waals surface area contributed by atoms with Gasteiger partial charge in [0.1, 0.15) is 0 Å². The van der Waals surface area contributed by atoms with Crippen LogP contribution in [0.5, 0.6) is 0 Å². The number of nitrogens with one attached hydrogen (secondary N) is 1. The van der Waals surface area contributed by atoms with E-state index in [4.69, 9.17) is 0 Å².